The Labute approximate surface area is 124 Å². The van der Waals surface area contributed by atoms with Crippen LogP contribution in [0.4, 0.5) is 4.39 Å². The van der Waals surface area contributed by atoms with E-state index in [1.165, 1.54) is 24.4 Å². The molecule has 0 spiro atoms. The highest BCUT2D eigenvalue weighted by atomic mass is 79.9. The number of rotatable bonds is 2. The first-order chi connectivity index (χ1) is 8.49. The Hall–Kier alpha value is -0.720. The Bertz CT molecular complexity index is 660. The summed E-state index contributed by atoms with van der Waals surface area (Å²) in [5, 5.41) is 4.33. The fourth-order valence-electron chi connectivity index (χ4n) is 1.38. The average Bonchev–Trinajstić information content (AvgIpc) is 2.34. The summed E-state index contributed by atoms with van der Waals surface area (Å²) in [5.74, 6) is -0.424. The first-order valence-corrected chi connectivity index (χ1v) is 6.80. The third kappa shape index (κ3) is 2.81. The summed E-state index contributed by atoms with van der Waals surface area (Å²) >= 11 is 12.1. The van der Waals surface area contributed by atoms with Gasteiger partial charge in [-0.25, -0.2) is 9.07 Å². The second-order valence-electron chi connectivity index (χ2n) is 3.51. The van der Waals surface area contributed by atoms with Crippen molar-refractivity contribution in [1.82, 2.24) is 9.78 Å². The van der Waals surface area contributed by atoms with Crippen molar-refractivity contribution in [2.75, 3.05) is 0 Å². The zero-order chi connectivity index (χ0) is 13.3. The second kappa shape index (κ2) is 5.50. The molecule has 0 atom stereocenters. The van der Waals surface area contributed by atoms with Crippen LogP contribution in [0.1, 0.15) is 5.56 Å². The lowest BCUT2D eigenvalue weighted by molar-refractivity contribution is 0.570. The van der Waals surface area contributed by atoms with Crippen LogP contribution in [0, 0.1) is 5.82 Å². The van der Waals surface area contributed by atoms with E-state index in [4.69, 9.17) is 11.6 Å². The standard InChI is InChI=1S/C11H6Br2ClFN2O/c12-8-4-16-17(11(18)10(8)13)5-6-3-7(14)1-2-9(6)15/h1-4H,5H2. The van der Waals surface area contributed by atoms with Crippen LogP contribution >= 0.6 is 43.5 Å². The molecule has 0 unspecified atom stereocenters. The molecule has 0 bridgehead atoms. The van der Waals surface area contributed by atoms with Crippen LogP contribution in [-0.4, -0.2) is 9.78 Å². The fourth-order valence-corrected chi connectivity index (χ4v) is 2.15. The van der Waals surface area contributed by atoms with Crippen molar-refractivity contribution in [2.24, 2.45) is 0 Å². The second-order valence-corrected chi connectivity index (χ2v) is 5.59. The Morgan fingerprint density at radius 2 is 2.11 bits per heavy atom. The summed E-state index contributed by atoms with van der Waals surface area (Å²) in [4.78, 5) is 11.9. The molecule has 0 amide bonds. The van der Waals surface area contributed by atoms with E-state index in [0.29, 0.717) is 19.5 Å². The molecular weight excluding hydrogens is 390 g/mol. The summed E-state index contributed by atoms with van der Waals surface area (Å²) in [6.45, 7) is 0.0249. The van der Waals surface area contributed by atoms with Gasteiger partial charge in [-0.05, 0) is 50.1 Å². The zero-order valence-corrected chi connectivity index (χ0v) is 12.8. The molecule has 1 heterocycles. The first-order valence-electron chi connectivity index (χ1n) is 4.84. The Morgan fingerprint density at radius 3 is 2.83 bits per heavy atom. The van der Waals surface area contributed by atoms with E-state index in [2.05, 4.69) is 37.0 Å². The lowest BCUT2D eigenvalue weighted by Gasteiger charge is -2.07. The Morgan fingerprint density at radius 1 is 1.39 bits per heavy atom. The third-order valence-corrected chi connectivity index (χ3v) is 4.40. The molecule has 0 aliphatic rings. The molecule has 3 nitrogen and oxygen atoms in total. The van der Waals surface area contributed by atoms with Crippen molar-refractivity contribution >= 4 is 43.5 Å². The monoisotopic (exact) mass is 394 g/mol. The minimum absolute atomic E-state index is 0.0249. The van der Waals surface area contributed by atoms with E-state index in [1.54, 1.807) is 0 Å². The number of nitrogens with zero attached hydrogens (tertiary/aromatic N) is 2. The van der Waals surface area contributed by atoms with E-state index < -0.39 is 5.82 Å². The summed E-state index contributed by atoms with van der Waals surface area (Å²) in [6, 6.07) is 4.19. The molecule has 2 rings (SSSR count). The van der Waals surface area contributed by atoms with Crippen LogP contribution in [0.5, 0.6) is 0 Å². The maximum absolute atomic E-state index is 13.5. The van der Waals surface area contributed by atoms with E-state index in [-0.39, 0.29) is 12.1 Å². The van der Waals surface area contributed by atoms with Crippen LogP contribution in [-0.2, 0) is 6.54 Å². The van der Waals surface area contributed by atoms with Gasteiger partial charge in [0.25, 0.3) is 5.56 Å². The topological polar surface area (TPSA) is 34.9 Å². The van der Waals surface area contributed by atoms with Gasteiger partial charge in [0.05, 0.1) is 17.2 Å². The van der Waals surface area contributed by atoms with E-state index >= 15 is 0 Å². The van der Waals surface area contributed by atoms with Gasteiger partial charge in [0.2, 0.25) is 0 Å². The fraction of sp³-hybridized carbons (Fsp3) is 0.0909. The van der Waals surface area contributed by atoms with Gasteiger partial charge in [0, 0.05) is 10.6 Å². The molecule has 7 heteroatoms. The van der Waals surface area contributed by atoms with Gasteiger partial charge in [-0.15, -0.1) is 0 Å². The molecule has 1 aromatic heterocycles. The number of benzene rings is 1. The van der Waals surface area contributed by atoms with Crippen molar-refractivity contribution in [1.29, 1.82) is 0 Å². The average molecular weight is 396 g/mol. The molecule has 94 valence electrons. The van der Waals surface area contributed by atoms with Gasteiger partial charge in [-0.3, -0.25) is 4.79 Å². The maximum Gasteiger partial charge on any atom is 0.282 e. The molecule has 2 aromatic rings. The minimum Gasteiger partial charge on any atom is -0.266 e. The van der Waals surface area contributed by atoms with Gasteiger partial charge >= 0.3 is 0 Å². The largest absolute Gasteiger partial charge is 0.282 e. The summed E-state index contributed by atoms with van der Waals surface area (Å²) < 4.78 is 15.6. The normalized spacial score (nSPS) is 10.7. The highest BCUT2D eigenvalue weighted by molar-refractivity contribution is 9.13. The van der Waals surface area contributed by atoms with Gasteiger partial charge in [0.15, 0.2) is 0 Å². The number of halogens is 4. The van der Waals surface area contributed by atoms with Crippen LogP contribution in [0.25, 0.3) is 0 Å². The Kier molecular flexibility index (Phi) is 4.19. The summed E-state index contributed by atoms with van der Waals surface area (Å²) in [6.07, 6.45) is 1.47. The number of aromatic nitrogens is 2. The number of hydrogen-bond donors (Lipinski definition) is 0. The SMILES string of the molecule is O=c1c(Br)c(Br)cnn1Cc1cc(Cl)ccc1F. The predicted octanol–water partition coefficient (Wildman–Crippen LogP) is 3.61. The van der Waals surface area contributed by atoms with Gasteiger partial charge in [-0.1, -0.05) is 11.6 Å². The molecule has 0 fully saturated rings. The van der Waals surface area contributed by atoms with Crippen LogP contribution < -0.4 is 5.56 Å². The van der Waals surface area contributed by atoms with Gasteiger partial charge in [-0.2, -0.15) is 5.10 Å². The van der Waals surface area contributed by atoms with Gasteiger partial charge in [0.1, 0.15) is 10.3 Å². The highest BCUT2D eigenvalue weighted by Gasteiger charge is 2.09. The maximum atomic E-state index is 13.5. The first kappa shape index (κ1) is 13.7. The summed E-state index contributed by atoms with van der Waals surface area (Å²) in [7, 11) is 0. The smallest absolute Gasteiger partial charge is 0.266 e. The van der Waals surface area contributed by atoms with Crippen molar-refractivity contribution in [3.8, 4) is 0 Å². The molecule has 0 saturated heterocycles. The lowest BCUT2D eigenvalue weighted by Crippen LogP contribution is -2.24. The zero-order valence-electron chi connectivity index (χ0n) is 8.83. The van der Waals surface area contributed by atoms with Crippen molar-refractivity contribution < 1.29 is 4.39 Å². The van der Waals surface area contributed by atoms with Crippen molar-refractivity contribution in [3.63, 3.8) is 0 Å². The van der Waals surface area contributed by atoms with Crippen LogP contribution in [0.15, 0.2) is 38.1 Å². The van der Waals surface area contributed by atoms with Gasteiger partial charge < -0.3 is 0 Å². The molecule has 0 radical (unpaired) electrons. The van der Waals surface area contributed by atoms with Crippen molar-refractivity contribution in [2.45, 2.75) is 6.54 Å². The minimum atomic E-state index is -0.424. The molecule has 0 N–H and O–H groups in total. The lowest BCUT2D eigenvalue weighted by atomic mass is 10.2. The molecule has 18 heavy (non-hydrogen) atoms. The van der Waals surface area contributed by atoms with E-state index in [0.717, 1.165) is 4.68 Å². The van der Waals surface area contributed by atoms with Crippen LogP contribution in [0.3, 0.4) is 0 Å². The van der Waals surface area contributed by atoms with Crippen LogP contribution in [0.2, 0.25) is 5.02 Å². The molecule has 1 aromatic carbocycles. The quantitative estimate of drug-likeness (QED) is 0.777. The Balaban J connectivity index is 2.44. The van der Waals surface area contributed by atoms with Crippen molar-refractivity contribution in [3.05, 3.63) is 60.1 Å². The van der Waals surface area contributed by atoms with E-state index in [1.807, 2.05) is 0 Å². The molecule has 0 saturated carbocycles. The molecule has 0 aliphatic carbocycles. The highest BCUT2D eigenvalue weighted by Crippen LogP contribution is 2.18. The third-order valence-electron chi connectivity index (χ3n) is 2.27. The predicted molar refractivity (Wildman–Crippen MR) is 74.4 cm³/mol. The molecular formula is C11H6Br2ClFN2O. The number of hydrogen-bond acceptors (Lipinski definition) is 2. The summed E-state index contributed by atoms with van der Waals surface area (Å²) in [5.41, 5.74) is -0.0323. The molecule has 0 aliphatic heterocycles. The van der Waals surface area contributed by atoms with E-state index in [9.17, 15) is 9.18 Å².